The molecule has 0 unspecified atom stereocenters. The number of fused-ring (bicyclic) bond motifs is 1. The van der Waals surface area contributed by atoms with E-state index in [0.717, 1.165) is 12.8 Å². The molecule has 0 radical (unpaired) electrons. The van der Waals surface area contributed by atoms with Crippen molar-refractivity contribution in [2.45, 2.75) is 25.9 Å². The summed E-state index contributed by atoms with van der Waals surface area (Å²) in [7, 11) is 0. The Morgan fingerprint density at radius 1 is 1.28 bits per heavy atom. The fourth-order valence-corrected chi connectivity index (χ4v) is 2.03. The number of rotatable bonds is 2. The Morgan fingerprint density at radius 2 is 2.06 bits per heavy atom. The van der Waals surface area contributed by atoms with Crippen LogP contribution < -0.4 is 5.56 Å². The smallest absolute Gasteiger partial charge is 0.298 e. The molecule has 94 valence electrons. The summed E-state index contributed by atoms with van der Waals surface area (Å²) in [5.74, 6) is 0.165. The second kappa shape index (κ2) is 4.13. The lowest BCUT2D eigenvalue weighted by Gasteiger charge is -2.16. The maximum atomic E-state index is 12.0. The van der Waals surface area contributed by atoms with Crippen LogP contribution in [0.25, 0.3) is 0 Å². The molecule has 0 fully saturated rings. The first-order valence-electron chi connectivity index (χ1n) is 5.71. The number of azo groups is 1. The Balaban J connectivity index is 2.02. The number of aromatic hydroxyl groups is 1. The Bertz CT molecular complexity index is 636. The van der Waals surface area contributed by atoms with Crippen molar-refractivity contribution in [2.75, 3.05) is 0 Å². The molecule has 1 aliphatic rings. The summed E-state index contributed by atoms with van der Waals surface area (Å²) in [5, 5.41) is 17.5. The highest BCUT2D eigenvalue weighted by Crippen LogP contribution is 2.26. The predicted octanol–water partition coefficient (Wildman–Crippen LogP) is 1.29. The van der Waals surface area contributed by atoms with Gasteiger partial charge in [0.2, 0.25) is 17.5 Å². The summed E-state index contributed by atoms with van der Waals surface area (Å²) in [4.78, 5) is 18.6. The number of hydrogen-bond donors (Lipinski definition) is 2. The van der Waals surface area contributed by atoms with E-state index in [2.05, 4.69) is 20.2 Å². The number of H-pyrrole nitrogens is 1. The van der Waals surface area contributed by atoms with E-state index in [-0.39, 0.29) is 17.1 Å². The van der Waals surface area contributed by atoms with Gasteiger partial charge in [0.25, 0.3) is 5.56 Å². The maximum Gasteiger partial charge on any atom is 0.298 e. The van der Waals surface area contributed by atoms with Crippen molar-refractivity contribution in [3.63, 3.8) is 0 Å². The predicted molar refractivity (Wildman–Crippen MR) is 62.4 cm³/mol. The van der Waals surface area contributed by atoms with Gasteiger partial charge in [-0.2, -0.15) is 0 Å². The molecule has 0 bridgehead atoms. The summed E-state index contributed by atoms with van der Waals surface area (Å²) >= 11 is 0. The van der Waals surface area contributed by atoms with Crippen LogP contribution in [0.15, 0.2) is 27.4 Å². The lowest BCUT2D eigenvalue weighted by Crippen LogP contribution is -2.26. The van der Waals surface area contributed by atoms with Crippen LogP contribution in [0.2, 0.25) is 0 Å². The highest BCUT2D eigenvalue weighted by molar-refractivity contribution is 5.45. The summed E-state index contributed by atoms with van der Waals surface area (Å²) in [6.07, 6.45) is 5.01. The minimum atomic E-state index is -0.317. The van der Waals surface area contributed by atoms with E-state index in [9.17, 15) is 9.90 Å². The van der Waals surface area contributed by atoms with E-state index in [1.54, 1.807) is 10.9 Å². The van der Waals surface area contributed by atoms with Crippen molar-refractivity contribution < 1.29 is 5.11 Å². The number of aromatic nitrogens is 4. The van der Waals surface area contributed by atoms with Gasteiger partial charge in [-0.3, -0.25) is 4.79 Å². The van der Waals surface area contributed by atoms with Crippen molar-refractivity contribution in [2.24, 2.45) is 10.2 Å². The molecule has 1 aliphatic heterocycles. The Hall–Kier alpha value is -2.38. The van der Waals surface area contributed by atoms with E-state index in [1.807, 2.05) is 0 Å². The summed E-state index contributed by atoms with van der Waals surface area (Å²) in [5.41, 5.74) is -0.351. The van der Waals surface area contributed by atoms with E-state index in [1.165, 1.54) is 10.9 Å². The van der Waals surface area contributed by atoms with E-state index < -0.39 is 0 Å². The normalized spacial score (nSPS) is 15.1. The zero-order valence-corrected chi connectivity index (χ0v) is 9.57. The average Bonchev–Trinajstić information content (AvgIpc) is 2.98. The van der Waals surface area contributed by atoms with Gasteiger partial charge in [0.15, 0.2) is 0 Å². The van der Waals surface area contributed by atoms with Crippen LogP contribution in [0, 0.1) is 0 Å². The molecule has 18 heavy (non-hydrogen) atoms. The summed E-state index contributed by atoms with van der Waals surface area (Å²) in [6.45, 7) is 1.22. The molecule has 0 amide bonds. The molecule has 0 spiro atoms. The van der Waals surface area contributed by atoms with Crippen molar-refractivity contribution >= 4 is 11.6 Å². The van der Waals surface area contributed by atoms with Gasteiger partial charge in [0.05, 0.1) is 0 Å². The molecule has 2 N–H and O–H groups in total. The fraction of sp³-hybridized carbons (Fsp3) is 0.400. The summed E-state index contributed by atoms with van der Waals surface area (Å²) in [6, 6.07) is 0. The minimum Gasteiger partial charge on any atom is -0.492 e. The fourth-order valence-electron chi connectivity index (χ4n) is 2.03. The van der Waals surface area contributed by atoms with Crippen LogP contribution >= 0.6 is 0 Å². The highest BCUT2D eigenvalue weighted by Gasteiger charge is 2.21. The van der Waals surface area contributed by atoms with Gasteiger partial charge < -0.3 is 10.1 Å². The number of nitrogens with one attached hydrogen (secondary N) is 1. The third kappa shape index (κ3) is 1.62. The quantitative estimate of drug-likeness (QED) is 0.783. The minimum absolute atomic E-state index is 0.0340. The SMILES string of the molecule is O=c1c(/N=N/c2ncc[nH]2)c(O)n2n1CCCC2. The van der Waals surface area contributed by atoms with Gasteiger partial charge in [-0.1, -0.05) is 0 Å². The van der Waals surface area contributed by atoms with Crippen LogP contribution in [0.3, 0.4) is 0 Å². The molecule has 0 saturated carbocycles. The molecule has 8 nitrogen and oxygen atoms in total. The highest BCUT2D eigenvalue weighted by atomic mass is 16.3. The van der Waals surface area contributed by atoms with Gasteiger partial charge in [-0.25, -0.2) is 14.3 Å². The number of hydrogen-bond acceptors (Lipinski definition) is 5. The molecular weight excluding hydrogens is 236 g/mol. The van der Waals surface area contributed by atoms with Gasteiger partial charge >= 0.3 is 0 Å². The molecular formula is C10H12N6O2. The molecule has 0 saturated heterocycles. The Morgan fingerprint density at radius 3 is 2.72 bits per heavy atom. The second-order valence-electron chi connectivity index (χ2n) is 4.04. The number of nitrogens with zero attached hydrogens (tertiary/aromatic N) is 5. The largest absolute Gasteiger partial charge is 0.492 e. The van der Waals surface area contributed by atoms with Crippen LogP contribution in [-0.2, 0) is 13.1 Å². The summed E-state index contributed by atoms with van der Waals surface area (Å²) < 4.78 is 3.04. The third-order valence-corrected chi connectivity index (χ3v) is 2.90. The van der Waals surface area contributed by atoms with Gasteiger partial charge in [-0.15, -0.1) is 10.2 Å². The number of aromatic amines is 1. The molecule has 3 heterocycles. The maximum absolute atomic E-state index is 12.0. The second-order valence-corrected chi connectivity index (χ2v) is 4.04. The Kier molecular flexibility index (Phi) is 2.47. The van der Waals surface area contributed by atoms with Crippen molar-refractivity contribution in [3.05, 3.63) is 22.7 Å². The van der Waals surface area contributed by atoms with Gasteiger partial charge in [0, 0.05) is 25.5 Å². The molecule has 2 aromatic rings. The zero-order chi connectivity index (χ0) is 12.5. The molecule has 3 rings (SSSR count). The first kappa shape index (κ1) is 10.8. The van der Waals surface area contributed by atoms with E-state index in [0.29, 0.717) is 19.0 Å². The molecule has 2 aromatic heterocycles. The lowest BCUT2D eigenvalue weighted by atomic mass is 10.3. The van der Waals surface area contributed by atoms with E-state index in [4.69, 9.17) is 0 Å². The van der Waals surface area contributed by atoms with Crippen LogP contribution in [-0.4, -0.2) is 24.4 Å². The standard InChI is InChI=1S/C10H12N6O2/c17-8-7(13-14-10-11-3-4-12-10)9(18)16-6-2-1-5-15(8)16/h3-4,17H,1-2,5-6H2,(H,11,12)/b14-13+. The van der Waals surface area contributed by atoms with Crippen molar-refractivity contribution in [3.8, 4) is 5.88 Å². The molecule has 0 aliphatic carbocycles. The van der Waals surface area contributed by atoms with Crippen molar-refractivity contribution in [1.82, 2.24) is 19.3 Å². The first-order valence-corrected chi connectivity index (χ1v) is 5.71. The molecule has 0 aromatic carbocycles. The average molecular weight is 248 g/mol. The monoisotopic (exact) mass is 248 g/mol. The van der Waals surface area contributed by atoms with Crippen molar-refractivity contribution in [1.29, 1.82) is 0 Å². The van der Waals surface area contributed by atoms with Crippen LogP contribution in [0.4, 0.5) is 11.6 Å². The third-order valence-electron chi connectivity index (χ3n) is 2.90. The first-order chi connectivity index (χ1) is 8.77. The molecule has 0 atom stereocenters. The van der Waals surface area contributed by atoms with Crippen LogP contribution in [0.1, 0.15) is 12.8 Å². The Labute approximate surface area is 102 Å². The zero-order valence-electron chi connectivity index (χ0n) is 9.57. The number of imidazole rings is 1. The van der Waals surface area contributed by atoms with Gasteiger partial charge in [0.1, 0.15) is 0 Å². The lowest BCUT2D eigenvalue weighted by molar-refractivity contribution is 0.305. The van der Waals surface area contributed by atoms with Crippen LogP contribution in [0.5, 0.6) is 5.88 Å². The van der Waals surface area contributed by atoms with E-state index >= 15 is 0 Å². The van der Waals surface area contributed by atoms with Gasteiger partial charge in [-0.05, 0) is 12.8 Å². The topological polar surface area (TPSA) is 101 Å². The molecule has 8 heteroatoms.